The first-order chi connectivity index (χ1) is 10.2. The van der Waals surface area contributed by atoms with Crippen LogP contribution in [0.5, 0.6) is 0 Å². The number of methoxy groups -OCH3 is 1. The zero-order chi connectivity index (χ0) is 14.8. The second kappa shape index (κ2) is 5.98. The molecule has 0 N–H and O–H groups in total. The van der Waals surface area contributed by atoms with Crippen molar-refractivity contribution in [2.75, 3.05) is 7.11 Å². The molecule has 2 aromatic rings. The fourth-order valence-corrected chi connectivity index (χ4v) is 4.03. The van der Waals surface area contributed by atoms with Crippen molar-refractivity contribution in [3.8, 4) is 10.6 Å². The van der Waals surface area contributed by atoms with E-state index in [0.717, 1.165) is 29.3 Å². The molecule has 3 nitrogen and oxygen atoms in total. The van der Waals surface area contributed by atoms with E-state index in [1.807, 2.05) is 18.2 Å². The number of carbonyl (C=O) groups excluding carboxylic acids is 1. The summed E-state index contributed by atoms with van der Waals surface area (Å²) in [6, 6.07) is 7.54. The lowest BCUT2D eigenvalue weighted by atomic mass is 9.89. The van der Waals surface area contributed by atoms with Crippen LogP contribution in [0.1, 0.15) is 40.7 Å². The predicted molar refractivity (Wildman–Crippen MR) is 84.7 cm³/mol. The highest BCUT2D eigenvalue weighted by atomic mass is 32.1. The molecular weight excluding hydrogens is 282 g/mol. The smallest absolute Gasteiger partial charge is 0.337 e. The quantitative estimate of drug-likeness (QED) is 0.801. The number of rotatable bonds is 3. The van der Waals surface area contributed by atoms with Crippen molar-refractivity contribution in [3.05, 3.63) is 40.4 Å². The fraction of sp³-hybridized carbons (Fsp3) is 0.412. The van der Waals surface area contributed by atoms with Gasteiger partial charge >= 0.3 is 5.97 Å². The van der Waals surface area contributed by atoms with Gasteiger partial charge in [-0.1, -0.05) is 25.5 Å². The average Bonchev–Trinajstić information content (AvgIpc) is 2.97. The molecule has 110 valence electrons. The number of esters is 1. The first kappa shape index (κ1) is 14.3. The lowest BCUT2D eigenvalue weighted by Crippen LogP contribution is -2.11. The van der Waals surface area contributed by atoms with Gasteiger partial charge in [-0.15, -0.1) is 11.3 Å². The molecule has 0 fully saturated rings. The van der Waals surface area contributed by atoms with Crippen LogP contribution in [-0.4, -0.2) is 18.1 Å². The number of ether oxygens (including phenoxy) is 1. The number of hydrogen-bond acceptors (Lipinski definition) is 4. The number of fused-ring (bicyclic) bond motifs is 1. The highest BCUT2D eigenvalue weighted by molar-refractivity contribution is 7.15. The average molecular weight is 301 g/mol. The topological polar surface area (TPSA) is 39.2 Å². The van der Waals surface area contributed by atoms with Crippen LogP contribution in [-0.2, 0) is 17.6 Å². The van der Waals surface area contributed by atoms with Gasteiger partial charge in [-0.05, 0) is 37.3 Å². The van der Waals surface area contributed by atoms with E-state index in [0.29, 0.717) is 5.56 Å². The molecule has 0 aliphatic heterocycles. The van der Waals surface area contributed by atoms with Crippen molar-refractivity contribution in [2.45, 2.75) is 32.6 Å². The van der Waals surface area contributed by atoms with Gasteiger partial charge in [-0.3, -0.25) is 0 Å². The Morgan fingerprint density at radius 3 is 3.10 bits per heavy atom. The van der Waals surface area contributed by atoms with Gasteiger partial charge in [0.05, 0.1) is 18.4 Å². The Hall–Kier alpha value is -1.68. The summed E-state index contributed by atoms with van der Waals surface area (Å²) in [4.78, 5) is 17.8. The predicted octanol–water partition coefficient (Wildman–Crippen LogP) is 4.11. The van der Waals surface area contributed by atoms with Crippen LogP contribution in [0.3, 0.4) is 0 Å². The lowest BCUT2D eigenvalue weighted by molar-refractivity contribution is 0.0601. The third-order valence-electron chi connectivity index (χ3n) is 4.15. The molecule has 0 saturated carbocycles. The van der Waals surface area contributed by atoms with Gasteiger partial charge in [0, 0.05) is 10.4 Å². The molecule has 1 atom stereocenters. The number of nitrogens with zero attached hydrogens (tertiary/aromatic N) is 1. The number of hydrogen-bond donors (Lipinski definition) is 0. The third kappa shape index (κ3) is 2.86. The third-order valence-corrected chi connectivity index (χ3v) is 5.32. The Morgan fingerprint density at radius 2 is 2.33 bits per heavy atom. The van der Waals surface area contributed by atoms with E-state index in [1.54, 1.807) is 17.4 Å². The molecule has 0 bridgehead atoms. The fourth-order valence-electron chi connectivity index (χ4n) is 2.81. The van der Waals surface area contributed by atoms with Crippen LogP contribution in [0.4, 0.5) is 0 Å². The molecule has 1 aromatic carbocycles. The van der Waals surface area contributed by atoms with Gasteiger partial charge in [0.2, 0.25) is 0 Å². The second-order valence-corrected chi connectivity index (χ2v) is 6.56. The SMILES string of the molecule is CCC1CCc2nc(-c3cccc(C(=O)OC)c3)sc2C1. The Balaban J connectivity index is 1.91. The van der Waals surface area contributed by atoms with Gasteiger partial charge < -0.3 is 4.74 Å². The van der Waals surface area contributed by atoms with E-state index < -0.39 is 0 Å². The molecule has 0 spiro atoms. The molecule has 0 saturated heterocycles. The number of aryl methyl sites for hydroxylation is 1. The zero-order valence-electron chi connectivity index (χ0n) is 12.4. The van der Waals surface area contributed by atoms with Crippen LogP contribution in [0.15, 0.2) is 24.3 Å². The van der Waals surface area contributed by atoms with Crippen molar-refractivity contribution in [1.29, 1.82) is 0 Å². The Kier molecular flexibility index (Phi) is 4.06. The molecule has 1 aliphatic rings. The maximum Gasteiger partial charge on any atom is 0.337 e. The van der Waals surface area contributed by atoms with E-state index >= 15 is 0 Å². The maximum atomic E-state index is 11.6. The van der Waals surface area contributed by atoms with E-state index in [1.165, 1.54) is 30.5 Å². The minimum absolute atomic E-state index is 0.302. The van der Waals surface area contributed by atoms with E-state index in [2.05, 4.69) is 6.92 Å². The van der Waals surface area contributed by atoms with Crippen molar-refractivity contribution < 1.29 is 9.53 Å². The Labute approximate surface area is 129 Å². The van der Waals surface area contributed by atoms with Gasteiger partial charge in [0.1, 0.15) is 5.01 Å². The summed E-state index contributed by atoms with van der Waals surface area (Å²) in [5, 5.41) is 1.02. The summed E-state index contributed by atoms with van der Waals surface area (Å²) in [5.74, 6) is 0.497. The van der Waals surface area contributed by atoms with Gasteiger partial charge in [-0.25, -0.2) is 9.78 Å². The minimum atomic E-state index is -0.302. The molecule has 1 heterocycles. The van der Waals surface area contributed by atoms with Crippen LogP contribution in [0.25, 0.3) is 10.6 Å². The lowest BCUT2D eigenvalue weighted by Gasteiger charge is -2.18. The van der Waals surface area contributed by atoms with Gasteiger partial charge in [0.25, 0.3) is 0 Å². The van der Waals surface area contributed by atoms with E-state index in [-0.39, 0.29) is 5.97 Å². The number of carbonyl (C=O) groups is 1. The molecule has 4 heteroatoms. The van der Waals surface area contributed by atoms with Gasteiger partial charge in [0.15, 0.2) is 0 Å². The standard InChI is InChI=1S/C17H19NO2S/c1-3-11-7-8-14-15(9-11)21-16(18-14)12-5-4-6-13(10-12)17(19)20-2/h4-6,10-11H,3,7-9H2,1-2H3. The first-order valence-corrected chi connectivity index (χ1v) is 8.20. The molecule has 3 rings (SSSR count). The van der Waals surface area contributed by atoms with Crippen molar-refractivity contribution in [2.24, 2.45) is 5.92 Å². The van der Waals surface area contributed by atoms with Crippen molar-refractivity contribution in [1.82, 2.24) is 4.98 Å². The highest BCUT2D eigenvalue weighted by Crippen LogP contribution is 2.35. The van der Waals surface area contributed by atoms with Crippen molar-refractivity contribution in [3.63, 3.8) is 0 Å². The number of thiazole rings is 1. The second-order valence-electron chi connectivity index (χ2n) is 5.48. The van der Waals surface area contributed by atoms with Crippen LogP contribution >= 0.6 is 11.3 Å². The van der Waals surface area contributed by atoms with Crippen molar-refractivity contribution >= 4 is 17.3 Å². The Morgan fingerprint density at radius 1 is 1.48 bits per heavy atom. The summed E-state index contributed by atoms with van der Waals surface area (Å²) in [7, 11) is 1.40. The van der Waals surface area contributed by atoms with Crippen LogP contribution in [0.2, 0.25) is 0 Å². The molecular formula is C17H19NO2S. The molecule has 0 amide bonds. The summed E-state index contributed by atoms with van der Waals surface area (Å²) in [6.45, 7) is 2.26. The molecule has 21 heavy (non-hydrogen) atoms. The summed E-state index contributed by atoms with van der Waals surface area (Å²) >= 11 is 1.77. The summed E-state index contributed by atoms with van der Waals surface area (Å²) in [6.07, 6.45) is 4.72. The number of benzene rings is 1. The zero-order valence-corrected chi connectivity index (χ0v) is 13.2. The molecule has 0 radical (unpaired) electrons. The molecule has 1 aromatic heterocycles. The maximum absolute atomic E-state index is 11.6. The molecule has 1 unspecified atom stereocenters. The summed E-state index contributed by atoms with van der Waals surface area (Å²) in [5.41, 5.74) is 2.84. The monoisotopic (exact) mass is 301 g/mol. The minimum Gasteiger partial charge on any atom is -0.465 e. The highest BCUT2D eigenvalue weighted by Gasteiger charge is 2.22. The van der Waals surface area contributed by atoms with Gasteiger partial charge in [-0.2, -0.15) is 0 Å². The van der Waals surface area contributed by atoms with E-state index in [4.69, 9.17) is 9.72 Å². The largest absolute Gasteiger partial charge is 0.465 e. The van der Waals surface area contributed by atoms with Crippen LogP contribution < -0.4 is 0 Å². The Bertz CT molecular complexity index is 663. The normalized spacial score (nSPS) is 17.3. The first-order valence-electron chi connectivity index (χ1n) is 7.38. The molecule has 1 aliphatic carbocycles. The van der Waals surface area contributed by atoms with E-state index in [9.17, 15) is 4.79 Å². The van der Waals surface area contributed by atoms with Crippen LogP contribution in [0, 0.1) is 5.92 Å². The number of aromatic nitrogens is 1. The summed E-state index contributed by atoms with van der Waals surface area (Å²) < 4.78 is 4.78.